The molecule has 1 N–H and O–H groups in total. The van der Waals surface area contributed by atoms with Gasteiger partial charge in [0, 0.05) is 12.1 Å². The smallest absolute Gasteiger partial charge is 0.387 e. The van der Waals surface area contributed by atoms with E-state index >= 15 is 0 Å². The third-order valence-electron chi connectivity index (χ3n) is 4.97. The Bertz CT molecular complexity index is 1250. The maximum absolute atomic E-state index is 12.4. The van der Waals surface area contributed by atoms with Gasteiger partial charge in [-0.1, -0.05) is 36.4 Å². The molecule has 0 fully saturated rings. The number of carbonyl (C=O) groups is 1. The first-order chi connectivity index (χ1) is 14.2. The van der Waals surface area contributed by atoms with E-state index < -0.39 is 5.76 Å². The van der Waals surface area contributed by atoms with Crippen molar-refractivity contribution < 1.29 is 9.21 Å². The molecule has 144 valence electrons. The molecule has 0 aliphatic heterocycles. The van der Waals surface area contributed by atoms with Gasteiger partial charge in [-0.05, 0) is 52.3 Å². The predicted octanol–water partition coefficient (Wildman–Crippen LogP) is 4.16. The Kier molecular flexibility index (Phi) is 4.37. The van der Waals surface area contributed by atoms with Crippen LogP contribution in [-0.4, -0.2) is 15.7 Å². The number of aromatic nitrogens is 2. The van der Waals surface area contributed by atoms with E-state index in [1.165, 1.54) is 38.3 Å². The zero-order valence-corrected chi connectivity index (χ0v) is 16.2. The molecule has 2 heterocycles. The number of hydrogen-bond donors (Lipinski definition) is 1. The fraction of sp³-hybridized carbons (Fsp3) is 0.136. The molecular formula is C22H17N3O3S. The van der Waals surface area contributed by atoms with Gasteiger partial charge in [0.15, 0.2) is 0 Å². The average Bonchev–Trinajstić information content (AvgIpc) is 3.44. The van der Waals surface area contributed by atoms with Crippen LogP contribution in [0.5, 0.6) is 0 Å². The SMILES string of the molecule is O=C(CCn1nc(-c2cccs2)oc1=O)Nc1ccc2c(c1)Cc1ccccc1-2. The summed E-state index contributed by atoms with van der Waals surface area (Å²) in [7, 11) is 0. The van der Waals surface area contributed by atoms with Gasteiger partial charge in [0.05, 0.1) is 11.4 Å². The third kappa shape index (κ3) is 3.40. The van der Waals surface area contributed by atoms with Gasteiger partial charge in [0.25, 0.3) is 5.89 Å². The highest BCUT2D eigenvalue weighted by molar-refractivity contribution is 7.13. The normalized spacial score (nSPS) is 11.9. The molecular weight excluding hydrogens is 386 g/mol. The topological polar surface area (TPSA) is 77.1 Å². The lowest BCUT2D eigenvalue weighted by molar-refractivity contribution is -0.116. The summed E-state index contributed by atoms with van der Waals surface area (Å²) in [5, 5.41) is 8.97. The summed E-state index contributed by atoms with van der Waals surface area (Å²) in [4.78, 5) is 25.1. The predicted molar refractivity (Wildman–Crippen MR) is 112 cm³/mol. The lowest BCUT2D eigenvalue weighted by Crippen LogP contribution is -2.21. The highest BCUT2D eigenvalue weighted by Crippen LogP contribution is 2.37. The highest BCUT2D eigenvalue weighted by atomic mass is 32.1. The Morgan fingerprint density at radius 3 is 2.83 bits per heavy atom. The molecule has 0 spiro atoms. The summed E-state index contributed by atoms with van der Waals surface area (Å²) >= 11 is 1.44. The van der Waals surface area contributed by atoms with Crippen LogP contribution in [-0.2, 0) is 17.8 Å². The van der Waals surface area contributed by atoms with E-state index in [0.717, 1.165) is 17.0 Å². The highest BCUT2D eigenvalue weighted by Gasteiger charge is 2.18. The van der Waals surface area contributed by atoms with E-state index in [1.807, 2.05) is 47.8 Å². The van der Waals surface area contributed by atoms with Gasteiger partial charge < -0.3 is 9.73 Å². The Hall–Kier alpha value is -3.45. The van der Waals surface area contributed by atoms with Gasteiger partial charge in [-0.15, -0.1) is 16.4 Å². The quantitative estimate of drug-likeness (QED) is 0.478. The van der Waals surface area contributed by atoms with Crippen LogP contribution >= 0.6 is 11.3 Å². The van der Waals surface area contributed by atoms with Crippen molar-refractivity contribution >= 4 is 22.9 Å². The number of nitrogens with one attached hydrogen (secondary N) is 1. The number of rotatable bonds is 5. The molecule has 1 aliphatic rings. The van der Waals surface area contributed by atoms with Crippen molar-refractivity contribution in [2.45, 2.75) is 19.4 Å². The zero-order valence-electron chi connectivity index (χ0n) is 15.4. The molecule has 6 nitrogen and oxygen atoms in total. The standard InChI is InChI=1S/C22H17N3O3S/c26-20(9-10-25-22(27)28-21(24-25)19-6-3-11-29-19)23-16-7-8-18-15(13-16)12-14-4-1-2-5-17(14)18/h1-8,11,13H,9-10,12H2,(H,23,26). The van der Waals surface area contributed by atoms with E-state index in [-0.39, 0.29) is 24.8 Å². The molecule has 0 radical (unpaired) electrons. The largest absolute Gasteiger partial charge is 0.437 e. The zero-order chi connectivity index (χ0) is 19.8. The minimum absolute atomic E-state index is 0.133. The van der Waals surface area contributed by atoms with Crippen LogP contribution < -0.4 is 11.1 Å². The number of thiophene rings is 1. The second-order valence-corrected chi connectivity index (χ2v) is 7.83. The number of amides is 1. The molecule has 2 aromatic carbocycles. The van der Waals surface area contributed by atoms with Crippen LogP contribution in [0, 0.1) is 0 Å². The van der Waals surface area contributed by atoms with E-state index in [0.29, 0.717) is 0 Å². The molecule has 29 heavy (non-hydrogen) atoms. The Morgan fingerprint density at radius 1 is 1.10 bits per heavy atom. The van der Waals surface area contributed by atoms with Crippen molar-refractivity contribution in [3.63, 3.8) is 0 Å². The molecule has 4 aromatic rings. The van der Waals surface area contributed by atoms with Crippen molar-refractivity contribution in [1.29, 1.82) is 0 Å². The maximum Gasteiger partial charge on any atom is 0.437 e. The van der Waals surface area contributed by atoms with Crippen LogP contribution in [0.1, 0.15) is 17.5 Å². The Morgan fingerprint density at radius 2 is 1.97 bits per heavy atom. The summed E-state index contributed by atoms with van der Waals surface area (Å²) in [6.07, 6.45) is 1.00. The molecule has 0 saturated carbocycles. The first-order valence-corrected chi connectivity index (χ1v) is 10.2. The van der Waals surface area contributed by atoms with Crippen LogP contribution in [0.15, 0.2) is 69.2 Å². The number of nitrogens with zero attached hydrogens (tertiary/aromatic N) is 2. The first kappa shape index (κ1) is 17.6. The van der Waals surface area contributed by atoms with E-state index in [2.05, 4.69) is 22.5 Å². The van der Waals surface area contributed by atoms with Gasteiger partial charge in [-0.25, -0.2) is 4.79 Å². The monoisotopic (exact) mass is 403 g/mol. The van der Waals surface area contributed by atoms with Crippen molar-refractivity contribution in [2.24, 2.45) is 0 Å². The minimum atomic E-state index is -0.559. The van der Waals surface area contributed by atoms with Crippen LogP contribution in [0.25, 0.3) is 21.9 Å². The second kappa shape index (κ2) is 7.18. The number of carbonyl (C=O) groups excluding carboxylic acids is 1. The van der Waals surface area contributed by atoms with E-state index in [9.17, 15) is 9.59 Å². The van der Waals surface area contributed by atoms with E-state index in [4.69, 9.17) is 4.42 Å². The molecule has 0 bridgehead atoms. The van der Waals surface area contributed by atoms with Crippen molar-refractivity contribution in [2.75, 3.05) is 5.32 Å². The number of hydrogen-bond acceptors (Lipinski definition) is 5. The maximum atomic E-state index is 12.4. The first-order valence-electron chi connectivity index (χ1n) is 9.30. The van der Waals surface area contributed by atoms with Gasteiger partial charge in [-0.2, -0.15) is 4.68 Å². The molecule has 2 aromatic heterocycles. The number of fused-ring (bicyclic) bond motifs is 3. The Balaban J connectivity index is 1.24. The van der Waals surface area contributed by atoms with Crippen LogP contribution in [0.4, 0.5) is 5.69 Å². The van der Waals surface area contributed by atoms with Crippen LogP contribution in [0.2, 0.25) is 0 Å². The van der Waals surface area contributed by atoms with Crippen molar-refractivity contribution in [3.05, 3.63) is 81.7 Å². The fourth-order valence-corrected chi connectivity index (χ4v) is 4.25. The van der Waals surface area contributed by atoms with Gasteiger partial charge in [-0.3, -0.25) is 4.79 Å². The molecule has 7 heteroatoms. The lowest BCUT2D eigenvalue weighted by atomic mass is 10.1. The van der Waals surface area contributed by atoms with Gasteiger partial charge >= 0.3 is 5.76 Å². The Labute approximate surface area is 170 Å². The van der Waals surface area contributed by atoms with Crippen LogP contribution in [0.3, 0.4) is 0 Å². The van der Waals surface area contributed by atoms with Gasteiger partial charge in [0.2, 0.25) is 5.91 Å². The lowest BCUT2D eigenvalue weighted by Gasteiger charge is -2.07. The molecule has 0 atom stereocenters. The number of benzene rings is 2. The summed E-state index contributed by atoms with van der Waals surface area (Å²) in [5.74, 6) is -0.451. The fourth-order valence-electron chi connectivity index (χ4n) is 3.60. The minimum Gasteiger partial charge on any atom is -0.387 e. The summed E-state index contributed by atoms with van der Waals surface area (Å²) in [6.45, 7) is 0.163. The average molecular weight is 403 g/mol. The van der Waals surface area contributed by atoms with Gasteiger partial charge in [0.1, 0.15) is 0 Å². The third-order valence-corrected chi connectivity index (χ3v) is 5.82. The summed E-state index contributed by atoms with van der Waals surface area (Å²) in [5.41, 5.74) is 5.74. The van der Waals surface area contributed by atoms with Crippen molar-refractivity contribution in [1.82, 2.24) is 9.78 Å². The van der Waals surface area contributed by atoms with Crippen molar-refractivity contribution in [3.8, 4) is 21.9 Å². The molecule has 5 rings (SSSR count). The molecule has 0 saturated heterocycles. The summed E-state index contributed by atoms with van der Waals surface area (Å²) < 4.78 is 6.35. The molecule has 0 unspecified atom stereocenters. The summed E-state index contributed by atoms with van der Waals surface area (Å²) in [6, 6.07) is 18.0. The van der Waals surface area contributed by atoms with E-state index in [1.54, 1.807) is 0 Å². The second-order valence-electron chi connectivity index (χ2n) is 6.88. The number of aryl methyl sites for hydroxylation is 1. The molecule has 1 aliphatic carbocycles. The number of anilines is 1. The molecule has 1 amide bonds.